The van der Waals surface area contributed by atoms with E-state index < -0.39 is 0 Å². The number of benzene rings is 1. The number of para-hydroxylation sites is 1. The van der Waals surface area contributed by atoms with Crippen LogP contribution < -0.4 is 4.90 Å². The van der Waals surface area contributed by atoms with Crippen LogP contribution in [0.4, 0.5) is 5.69 Å². The zero-order chi connectivity index (χ0) is 14.7. The minimum Gasteiger partial charge on any atom is -0.368 e. The summed E-state index contributed by atoms with van der Waals surface area (Å²) in [5.41, 5.74) is 1.53. The summed E-state index contributed by atoms with van der Waals surface area (Å²) in [5, 5.41) is 7.85. The first-order chi connectivity index (χ1) is 10.2. The number of rotatable bonds is 2. The van der Waals surface area contributed by atoms with Gasteiger partial charge in [-0.1, -0.05) is 29.8 Å². The molecule has 0 atom stereocenters. The first-order valence-electron chi connectivity index (χ1n) is 6.82. The van der Waals surface area contributed by atoms with Crippen molar-refractivity contribution in [1.82, 2.24) is 15.1 Å². The SMILES string of the molecule is O=C(c1ccc(Cl)nn1)N1CCN(c2ccccc2)CC1. The summed E-state index contributed by atoms with van der Waals surface area (Å²) >= 11 is 5.68. The van der Waals surface area contributed by atoms with Gasteiger partial charge in [-0.15, -0.1) is 10.2 Å². The minimum absolute atomic E-state index is 0.0909. The van der Waals surface area contributed by atoms with Crippen molar-refractivity contribution in [3.63, 3.8) is 0 Å². The fourth-order valence-corrected chi connectivity index (χ4v) is 2.50. The average Bonchev–Trinajstić information content (AvgIpc) is 2.56. The number of nitrogens with zero attached hydrogens (tertiary/aromatic N) is 4. The molecule has 2 heterocycles. The Morgan fingerprint density at radius 3 is 2.29 bits per heavy atom. The first kappa shape index (κ1) is 13.8. The second-order valence-corrected chi connectivity index (χ2v) is 5.24. The molecule has 0 spiro atoms. The van der Waals surface area contributed by atoms with Crippen LogP contribution in [0.3, 0.4) is 0 Å². The minimum atomic E-state index is -0.0909. The van der Waals surface area contributed by atoms with Gasteiger partial charge >= 0.3 is 0 Å². The molecule has 5 nitrogen and oxygen atoms in total. The summed E-state index contributed by atoms with van der Waals surface area (Å²) in [6.07, 6.45) is 0. The molecule has 108 valence electrons. The molecule has 1 saturated heterocycles. The predicted molar refractivity (Wildman–Crippen MR) is 81.6 cm³/mol. The molecule has 1 aliphatic heterocycles. The highest BCUT2D eigenvalue weighted by atomic mass is 35.5. The van der Waals surface area contributed by atoms with E-state index in [0.29, 0.717) is 23.9 Å². The van der Waals surface area contributed by atoms with E-state index in [4.69, 9.17) is 11.6 Å². The van der Waals surface area contributed by atoms with Crippen LogP contribution >= 0.6 is 11.6 Å². The van der Waals surface area contributed by atoms with Crippen LogP contribution in [0.25, 0.3) is 0 Å². The van der Waals surface area contributed by atoms with Crippen molar-refractivity contribution in [2.75, 3.05) is 31.1 Å². The maximum absolute atomic E-state index is 12.3. The van der Waals surface area contributed by atoms with Crippen molar-refractivity contribution in [2.24, 2.45) is 0 Å². The molecule has 0 unspecified atom stereocenters. The Morgan fingerprint density at radius 1 is 0.952 bits per heavy atom. The number of carbonyl (C=O) groups excluding carboxylic acids is 1. The van der Waals surface area contributed by atoms with Gasteiger partial charge < -0.3 is 9.80 Å². The van der Waals surface area contributed by atoms with Gasteiger partial charge in [0.15, 0.2) is 10.8 Å². The molecule has 0 saturated carbocycles. The standard InChI is InChI=1S/C15H15ClN4O/c16-14-7-6-13(17-18-14)15(21)20-10-8-19(9-11-20)12-4-2-1-3-5-12/h1-7H,8-11H2. The van der Waals surface area contributed by atoms with E-state index in [1.165, 1.54) is 5.69 Å². The molecule has 6 heteroatoms. The number of anilines is 1. The summed E-state index contributed by atoms with van der Waals surface area (Å²) in [4.78, 5) is 16.4. The van der Waals surface area contributed by atoms with Crippen LogP contribution in [0.5, 0.6) is 0 Å². The third-order valence-electron chi connectivity index (χ3n) is 3.54. The normalized spacial score (nSPS) is 15.1. The molecule has 0 aliphatic carbocycles. The van der Waals surface area contributed by atoms with Crippen molar-refractivity contribution in [2.45, 2.75) is 0 Å². The number of hydrogen-bond acceptors (Lipinski definition) is 4. The lowest BCUT2D eigenvalue weighted by Crippen LogP contribution is -2.49. The highest BCUT2D eigenvalue weighted by molar-refractivity contribution is 6.29. The number of carbonyl (C=O) groups is 1. The second kappa shape index (κ2) is 6.10. The Bertz CT molecular complexity index is 609. The van der Waals surface area contributed by atoms with E-state index in [-0.39, 0.29) is 5.91 Å². The average molecular weight is 303 g/mol. The molecule has 21 heavy (non-hydrogen) atoms. The first-order valence-corrected chi connectivity index (χ1v) is 7.20. The van der Waals surface area contributed by atoms with E-state index in [1.807, 2.05) is 18.2 Å². The van der Waals surface area contributed by atoms with Gasteiger partial charge in [-0.3, -0.25) is 4.79 Å². The molecular formula is C15H15ClN4O. The molecule has 1 fully saturated rings. The fraction of sp³-hybridized carbons (Fsp3) is 0.267. The number of aromatic nitrogens is 2. The van der Waals surface area contributed by atoms with Gasteiger partial charge in [-0.25, -0.2) is 0 Å². The zero-order valence-electron chi connectivity index (χ0n) is 11.4. The Kier molecular flexibility index (Phi) is 4.01. The maximum Gasteiger partial charge on any atom is 0.274 e. The van der Waals surface area contributed by atoms with E-state index >= 15 is 0 Å². The van der Waals surface area contributed by atoms with Crippen molar-refractivity contribution in [1.29, 1.82) is 0 Å². The predicted octanol–water partition coefficient (Wildman–Crippen LogP) is 2.09. The van der Waals surface area contributed by atoms with Gasteiger partial charge in [-0.05, 0) is 24.3 Å². The molecule has 1 aliphatic rings. The van der Waals surface area contributed by atoms with E-state index in [0.717, 1.165) is 13.1 Å². The molecule has 1 aromatic heterocycles. The Morgan fingerprint density at radius 2 is 1.67 bits per heavy atom. The Balaban J connectivity index is 1.63. The lowest BCUT2D eigenvalue weighted by molar-refractivity contribution is 0.0739. The van der Waals surface area contributed by atoms with Gasteiger partial charge in [0.25, 0.3) is 5.91 Å². The van der Waals surface area contributed by atoms with E-state index in [2.05, 4.69) is 27.2 Å². The molecule has 0 radical (unpaired) electrons. The van der Waals surface area contributed by atoms with Crippen molar-refractivity contribution in [3.05, 3.63) is 53.3 Å². The summed E-state index contributed by atoms with van der Waals surface area (Å²) in [7, 11) is 0. The van der Waals surface area contributed by atoms with Crippen LogP contribution in [-0.4, -0.2) is 47.2 Å². The second-order valence-electron chi connectivity index (χ2n) is 4.86. The van der Waals surface area contributed by atoms with Crippen molar-refractivity contribution >= 4 is 23.2 Å². The number of piperazine rings is 1. The number of halogens is 1. The molecule has 0 N–H and O–H groups in total. The number of amides is 1. The third kappa shape index (κ3) is 3.13. The third-order valence-corrected chi connectivity index (χ3v) is 3.74. The summed E-state index contributed by atoms with van der Waals surface area (Å²) in [6, 6.07) is 13.4. The highest BCUT2D eigenvalue weighted by Gasteiger charge is 2.23. The molecule has 3 rings (SSSR count). The van der Waals surface area contributed by atoms with Crippen molar-refractivity contribution in [3.8, 4) is 0 Å². The molecule has 1 amide bonds. The van der Waals surface area contributed by atoms with Gasteiger partial charge in [0.1, 0.15) is 0 Å². The largest absolute Gasteiger partial charge is 0.368 e. The smallest absolute Gasteiger partial charge is 0.274 e. The van der Waals surface area contributed by atoms with E-state index in [1.54, 1.807) is 17.0 Å². The van der Waals surface area contributed by atoms with Gasteiger partial charge in [0.05, 0.1) is 0 Å². The summed E-state index contributed by atoms with van der Waals surface area (Å²) in [6.45, 7) is 2.99. The Labute approximate surface area is 128 Å². The zero-order valence-corrected chi connectivity index (χ0v) is 12.2. The van der Waals surface area contributed by atoms with Gasteiger partial charge in [-0.2, -0.15) is 0 Å². The van der Waals surface area contributed by atoms with Crippen LogP contribution in [0, 0.1) is 0 Å². The molecule has 1 aromatic carbocycles. The highest BCUT2D eigenvalue weighted by Crippen LogP contribution is 2.16. The monoisotopic (exact) mass is 302 g/mol. The summed E-state index contributed by atoms with van der Waals surface area (Å²) < 4.78 is 0. The maximum atomic E-state index is 12.3. The molecular weight excluding hydrogens is 288 g/mol. The van der Waals surface area contributed by atoms with E-state index in [9.17, 15) is 4.79 Å². The topological polar surface area (TPSA) is 49.3 Å². The molecule has 0 bridgehead atoms. The molecule has 2 aromatic rings. The van der Waals surface area contributed by atoms with Crippen LogP contribution in [0.2, 0.25) is 5.15 Å². The quantitative estimate of drug-likeness (QED) is 0.852. The van der Waals surface area contributed by atoms with Gasteiger partial charge in [0.2, 0.25) is 0 Å². The van der Waals surface area contributed by atoms with Crippen LogP contribution in [0.15, 0.2) is 42.5 Å². The lowest BCUT2D eigenvalue weighted by Gasteiger charge is -2.35. The van der Waals surface area contributed by atoms with Gasteiger partial charge in [0, 0.05) is 31.9 Å². The van der Waals surface area contributed by atoms with Crippen LogP contribution in [0.1, 0.15) is 10.5 Å². The van der Waals surface area contributed by atoms with Crippen molar-refractivity contribution < 1.29 is 4.79 Å². The number of hydrogen-bond donors (Lipinski definition) is 0. The van der Waals surface area contributed by atoms with Crippen LogP contribution in [-0.2, 0) is 0 Å². The summed E-state index contributed by atoms with van der Waals surface area (Å²) in [5.74, 6) is -0.0909. The lowest BCUT2D eigenvalue weighted by atomic mass is 10.2. The Hall–Kier alpha value is -2.14. The fourth-order valence-electron chi connectivity index (χ4n) is 2.40.